The molecular formula is C21H23NO6. The smallest absolute Gasteiger partial charge is 0.339 e. The molecule has 3 rings (SSSR count). The Bertz CT molecular complexity index is 891. The number of benzene rings is 2. The number of hydrogen-bond acceptors (Lipinski definition) is 6. The molecule has 1 N–H and O–H groups in total. The third kappa shape index (κ3) is 4.19. The van der Waals surface area contributed by atoms with E-state index in [9.17, 15) is 9.59 Å². The fourth-order valence-electron chi connectivity index (χ4n) is 2.86. The molecule has 28 heavy (non-hydrogen) atoms. The summed E-state index contributed by atoms with van der Waals surface area (Å²) in [5.41, 5.74) is 2.93. The molecule has 0 spiro atoms. The van der Waals surface area contributed by atoms with E-state index >= 15 is 0 Å². The van der Waals surface area contributed by atoms with Crippen LogP contribution in [-0.2, 0) is 9.53 Å². The Hall–Kier alpha value is -3.22. The van der Waals surface area contributed by atoms with Crippen LogP contribution in [0.5, 0.6) is 17.2 Å². The highest BCUT2D eigenvalue weighted by Crippen LogP contribution is 2.40. The maximum absolute atomic E-state index is 12.5. The van der Waals surface area contributed by atoms with Crippen molar-refractivity contribution >= 4 is 17.6 Å². The first-order valence-corrected chi connectivity index (χ1v) is 8.95. The van der Waals surface area contributed by atoms with Crippen LogP contribution >= 0.6 is 0 Å². The Labute approximate surface area is 163 Å². The molecule has 0 aliphatic carbocycles. The minimum atomic E-state index is -0.979. The van der Waals surface area contributed by atoms with Gasteiger partial charge >= 0.3 is 5.97 Å². The summed E-state index contributed by atoms with van der Waals surface area (Å²) in [5.74, 6) is 0.163. The highest BCUT2D eigenvalue weighted by molar-refractivity contribution is 5.98. The predicted octanol–water partition coefficient (Wildman–Crippen LogP) is 3.27. The highest BCUT2D eigenvalue weighted by Gasteiger charge is 2.24. The van der Waals surface area contributed by atoms with Crippen molar-refractivity contribution < 1.29 is 28.5 Å². The van der Waals surface area contributed by atoms with Gasteiger partial charge in [-0.2, -0.15) is 0 Å². The van der Waals surface area contributed by atoms with E-state index in [1.807, 2.05) is 32.0 Å². The first-order valence-electron chi connectivity index (χ1n) is 8.95. The molecular weight excluding hydrogens is 362 g/mol. The zero-order chi connectivity index (χ0) is 20.3. The summed E-state index contributed by atoms with van der Waals surface area (Å²) < 4.78 is 21.6. The maximum Gasteiger partial charge on any atom is 0.339 e. The number of fused-ring (bicyclic) bond motifs is 1. The van der Waals surface area contributed by atoms with Crippen molar-refractivity contribution in [3.05, 3.63) is 47.0 Å². The van der Waals surface area contributed by atoms with Crippen molar-refractivity contribution in [1.82, 2.24) is 0 Å². The summed E-state index contributed by atoms with van der Waals surface area (Å²) in [4.78, 5) is 24.9. The molecule has 0 aromatic heterocycles. The van der Waals surface area contributed by atoms with Gasteiger partial charge in [-0.3, -0.25) is 4.79 Å². The van der Waals surface area contributed by atoms with Crippen LogP contribution in [0.3, 0.4) is 0 Å². The SMILES string of the molecule is COc1cc(C(=O)O[C@H](C)C(=O)Nc2ccc(C)cc2C)cc2c1OCCO2. The number of hydrogen-bond donors (Lipinski definition) is 1. The largest absolute Gasteiger partial charge is 0.493 e. The molecule has 0 saturated heterocycles. The van der Waals surface area contributed by atoms with Gasteiger partial charge in [0, 0.05) is 5.69 Å². The van der Waals surface area contributed by atoms with Crippen LogP contribution in [0.2, 0.25) is 0 Å². The van der Waals surface area contributed by atoms with E-state index in [-0.39, 0.29) is 5.56 Å². The van der Waals surface area contributed by atoms with E-state index in [0.717, 1.165) is 11.1 Å². The predicted molar refractivity (Wildman–Crippen MR) is 103 cm³/mol. The van der Waals surface area contributed by atoms with Crippen LogP contribution in [0.4, 0.5) is 5.69 Å². The summed E-state index contributed by atoms with van der Waals surface area (Å²) in [5, 5.41) is 2.78. The Morgan fingerprint density at radius 2 is 1.86 bits per heavy atom. The fourth-order valence-corrected chi connectivity index (χ4v) is 2.86. The standard InChI is InChI=1S/C21H23NO6/c1-12-5-6-16(13(2)9-12)22-20(23)14(3)28-21(24)15-10-17(25-4)19-18(11-15)26-7-8-27-19/h5-6,9-11,14H,7-8H2,1-4H3,(H,22,23)/t14-/m1/s1. The van der Waals surface area contributed by atoms with Gasteiger partial charge in [0.2, 0.25) is 5.75 Å². The molecule has 0 saturated carbocycles. The van der Waals surface area contributed by atoms with E-state index in [0.29, 0.717) is 36.1 Å². The first-order chi connectivity index (χ1) is 13.4. The zero-order valence-corrected chi connectivity index (χ0v) is 16.3. The van der Waals surface area contributed by atoms with Gasteiger partial charge < -0.3 is 24.3 Å². The summed E-state index contributed by atoms with van der Waals surface area (Å²) >= 11 is 0. The summed E-state index contributed by atoms with van der Waals surface area (Å²) in [7, 11) is 1.47. The van der Waals surface area contributed by atoms with Crippen molar-refractivity contribution in [2.24, 2.45) is 0 Å². The van der Waals surface area contributed by atoms with Gasteiger partial charge in [0.05, 0.1) is 12.7 Å². The third-order valence-electron chi connectivity index (χ3n) is 4.36. The molecule has 0 fully saturated rings. The van der Waals surface area contributed by atoms with Crippen LogP contribution < -0.4 is 19.5 Å². The Kier molecular flexibility index (Phi) is 5.73. The lowest BCUT2D eigenvalue weighted by Crippen LogP contribution is -2.30. The number of carbonyl (C=O) groups is 2. The van der Waals surface area contributed by atoms with Crippen LogP contribution in [0, 0.1) is 13.8 Å². The van der Waals surface area contributed by atoms with Gasteiger partial charge in [0.25, 0.3) is 5.91 Å². The summed E-state index contributed by atoms with van der Waals surface area (Å²) in [6, 6.07) is 8.72. The number of esters is 1. The molecule has 2 aromatic carbocycles. The van der Waals surface area contributed by atoms with Gasteiger partial charge in [-0.1, -0.05) is 17.7 Å². The number of ether oxygens (including phenoxy) is 4. The summed E-state index contributed by atoms with van der Waals surface area (Å²) in [6.07, 6.45) is -0.979. The fraction of sp³-hybridized carbons (Fsp3) is 0.333. The monoisotopic (exact) mass is 385 g/mol. The lowest BCUT2D eigenvalue weighted by molar-refractivity contribution is -0.123. The van der Waals surface area contributed by atoms with Gasteiger partial charge in [-0.25, -0.2) is 4.79 Å². The second-order valence-corrected chi connectivity index (χ2v) is 6.56. The molecule has 2 aromatic rings. The number of rotatable bonds is 5. The lowest BCUT2D eigenvalue weighted by atomic mass is 10.1. The van der Waals surface area contributed by atoms with Crippen molar-refractivity contribution in [2.45, 2.75) is 26.9 Å². The van der Waals surface area contributed by atoms with Gasteiger partial charge in [0.1, 0.15) is 13.2 Å². The molecule has 7 nitrogen and oxygen atoms in total. The average Bonchev–Trinajstić information content (AvgIpc) is 2.68. The molecule has 148 valence electrons. The lowest BCUT2D eigenvalue weighted by Gasteiger charge is -2.21. The third-order valence-corrected chi connectivity index (χ3v) is 4.36. The average molecular weight is 385 g/mol. The normalized spacial score (nSPS) is 13.4. The molecule has 1 aliphatic rings. The van der Waals surface area contributed by atoms with Crippen molar-refractivity contribution in [3.63, 3.8) is 0 Å². The van der Waals surface area contributed by atoms with Gasteiger partial charge in [0.15, 0.2) is 17.6 Å². The van der Waals surface area contributed by atoms with Crippen molar-refractivity contribution in [2.75, 3.05) is 25.6 Å². The van der Waals surface area contributed by atoms with E-state index in [2.05, 4.69) is 5.32 Å². The van der Waals surface area contributed by atoms with E-state index in [1.54, 1.807) is 0 Å². The topological polar surface area (TPSA) is 83.1 Å². The number of nitrogens with one attached hydrogen (secondary N) is 1. The second-order valence-electron chi connectivity index (χ2n) is 6.56. The van der Waals surface area contributed by atoms with E-state index in [1.165, 1.54) is 26.2 Å². The summed E-state index contributed by atoms with van der Waals surface area (Å²) in [6.45, 7) is 6.18. The number of carbonyl (C=O) groups excluding carboxylic acids is 2. The minimum absolute atomic E-state index is 0.215. The molecule has 0 unspecified atom stereocenters. The minimum Gasteiger partial charge on any atom is -0.493 e. The quantitative estimate of drug-likeness (QED) is 0.796. The molecule has 0 radical (unpaired) electrons. The molecule has 7 heteroatoms. The zero-order valence-electron chi connectivity index (χ0n) is 16.3. The van der Waals surface area contributed by atoms with Crippen LogP contribution in [0.1, 0.15) is 28.4 Å². The Morgan fingerprint density at radius 3 is 2.57 bits per heavy atom. The maximum atomic E-state index is 12.5. The van der Waals surface area contributed by atoms with Crippen LogP contribution in [0.15, 0.2) is 30.3 Å². The Balaban J connectivity index is 1.70. The van der Waals surface area contributed by atoms with Gasteiger partial charge in [-0.15, -0.1) is 0 Å². The van der Waals surface area contributed by atoms with Crippen molar-refractivity contribution in [3.8, 4) is 17.2 Å². The van der Waals surface area contributed by atoms with E-state index in [4.69, 9.17) is 18.9 Å². The number of methoxy groups -OCH3 is 1. The number of anilines is 1. The molecule has 1 amide bonds. The molecule has 1 aliphatic heterocycles. The van der Waals surface area contributed by atoms with Crippen molar-refractivity contribution in [1.29, 1.82) is 0 Å². The van der Waals surface area contributed by atoms with Crippen LogP contribution in [0.25, 0.3) is 0 Å². The Morgan fingerprint density at radius 1 is 1.11 bits per heavy atom. The molecule has 1 atom stereocenters. The number of aryl methyl sites for hydroxylation is 2. The number of amides is 1. The van der Waals surface area contributed by atoms with E-state index < -0.39 is 18.0 Å². The van der Waals surface area contributed by atoms with Gasteiger partial charge in [-0.05, 0) is 44.5 Å². The highest BCUT2D eigenvalue weighted by atomic mass is 16.6. The first kappa shape index (κ1) is 19.5. The molecule has 0 bridgehead atoms. The molecule has 1 heterocycles. The second kappa shape index (κ2) is 8.21. The van der Waals surface area contributed by atoms with Crippen LogP contribution in [-0.4, -0.2) is 38.3 Å².